The molecule has 0 aromatic heterocycles. The topological polar surface area (TPSA) is 37.3 Å². The molecule has 0 aromatic rings. The Morgan fingerprint density at radius 1 is 0.750 bits per heavy atom. The predicted octanol–water partition coefficient (Wildman–Crippen LogP) is 11.7. The maximum absolute atomic E-state index is 11.9. The summed E-state index contributed by atoms with van der Waals surface area (Å²) in [4.78, 5) is 11.9. The molecule has 0 bridgehead atoms. The summed E-state index contributed by atoms with van der Waals surface area (Å²) in [5.41, 5.74) is 7.61. The fourth-order valence-corrected chi connectivity index (χ4v) is 14.7. The summed E-state index contributed by atoms with van der Waals surface area (Å²) in [5.74, 6) is 7.12. The Kier molecular flexibility index (Phi) is 9.99. The van der Waals surface area contributed by atoms with Crippen molar-refractivity contribution in [1.82, 2.24) is 0 Å². The summed E-state index contributed by atoms with van der Waals surface area (Å²) in [6, 6.07) is 0. The van der Waals surface area contributed by atoms with Crippen LogP contribution in [0.2, 0.25) is 0 Å². The van der Waals surface area contributed by atoms with Crippen LogP contribution in [-0.4, -0.2) is 23.6 Å². The van der Waals surface area contributed by atoms with Gasteiger partial charge in [-0.1, -0.05) is 81.9 Å². The second-order valence-electron chi connectivity index (χ2n) is 19.2. The van der Waals surface area contributed by atoms with Crippen molar-refractivity contribution in [3.05, 3.63) is 47.6 Å². The van der Waals surface area contributed by atoms with Gasteiger partial charge in [-0.2, -0.15) is 0 Å². The fraction of sp³-hybridized carbons (Fsp3) is 0.800. The van der Waals surface area contributed by atoms with Gasteiger partial charge >= 0.3 is 0 Å². The van der Waals surface area contributed by atoms with Crippen LogP contribution in [0.4, 0.5) is 0 Å². The van der Waals surface area contributed by atoms with E-state index in [9.17, 15) is 9.90 Å². The Labute approximate surface area is 299 Å². The Hall–Kier alpha value is -0.980. The van der Waals surface area contributed by atoms with Crippen molar-refractivity contribution in [2.45, 2.75) is 150 Å². The van der Waals surface area contributed by atoms with Crippen molar-refractivity contribution < 1.29 is 11.3 Å². The van der Waals surface area contributed by atoms with E-state index in [1.54, 1.807) is 5.57 Å². The molecule has 8 aliphatic rings. The van der Waals surface area contributed by atoms with Crippen molar-refractivity contribution in [2.75, 3.05) is 6.64 Å². The van der Waals surface area contributed by atoms with Crippen LogP contribution in [0, 0.1) is 69.0 Å². The quantitative estimate of drug-likeness (QED) is 0.234. The lowest BCUT2D eigenvalue weighted by Crippen LogP contribution is -2.50. The zero-order chi connectivity index (χ0) is 35.5. The summed E-state index contributed by atoms with van der Waals surface area (Å²) >= 11 is 0. The molecule has 0 amide bonds. The molecule has 8 aliphatic carbocycles. The molecule has 6 fully saturated rings. The van der Waals surface area contributed by atoms with Crippen LogP contribution >= 0.6 is 9.24 Å². The van der Waals surface area contributed by atoms with Gasteiger partial charge in [0.15, 0.2) is 0 Å². The molecule has 14 atom stereocenters. The maximum Gasteiger partial charge on any atom is 0.136 e. The summed E-state index contributed by atoms with van der Waals surface area (Å²) in [6.45, 7) is 23.7. The molecular formula is C45H71O2P. The molecule has 48 heavy (non-hydrogen) atoms. The number of ketones is 1. The number of allylic oxidation sites excluding steroid dienone is 5. The zero-order valence-corrected chi connectivity index (χ0v) is 32.9. The largest absolute Gasteiger partial charge is 0.393 e. The molecule has 268 valence electrons. The van der Waals surface area contributed by atoms with E-state index in [4.69, 9.17) is 1.37 Å². The van der Waals surface area contributed by atoms with Gasteiger partial charge in [-0.05, 0) is 173 Å². The molecule has 6 saturated carbocycles. The van der Waals surface area contributed by atoms with Gasteiger partial charge in [-0.25, -0.2) is 0 Å². The third-order valence-electron chi connectivity index (χ3n) is 17.2. The first-order chi connectivity index (χ1) is 23.1. The van der Waals surface area contributed by atoms with Crippen LogP contribution in [0.5, 0.6) is 0 Å². The molecule has 0 radical (unpaired) electrons. The van der Waals surface area contributed by atoms with Gasteiger partial charge in [-0.3, -0.25) is 4.79 Å². The van der Waals surface area contributed by atoms with E-state index in [1.807, 2.05) is 0 Å². The summed E-state index contributed by atoms with van der Waals surface area (Å²) in [6.07, 6.45) is 24.3. The van der Waals surface area contributed by atoms with Crippen molar-refractivity contribution in [3.8, 4) is 0 Å². The number of rotatable bonds is 2. The molecule has 3 heteroatoms. The fourth-order valence-electron chi connectivity index (χ4n) is 14.7. The summed E-state index contributed by atoms with van der Waals surface area (Å²) < 4.78 is 6.17. The molecule has 0 aromatic carbocycles. The van der Waals surface area contributed by atoms with Gasteiger partial charge in [0.2, 0.25) is 0 Å². The minimum atomic E-state index is -0.0843. The number of Topliss-reactive ketones (excluding diaryl/α,β-unsaturated/α-hetero) is 1. The van der Waals surface area contributed by atoms with Gasteiger partial charge in [0.1, 0.15) is 5.78 Å². The molecule has 8 rings (SSSR count). The smallest absolute Gasteiger partial charge is 0.136 e. The highest BCUT2D eigenvalue weighted by Crippen LogP contribution is 2.68. The number of carbonyl (C=O) groups is 1. The Bertz CT molecular complexity index is 1360. The summed E-state index contributed by atoms with van der Waals surface area (Å²) in [5, 5.41) is 10.1. The number of hydrogen-bond acceptors (Lipinski definition) is 2. The molecule has 0 spiro atoms. The van der Waals surface area contributed by atoms with E-state index in [0.717, 1.165) is 79.4 Å². The third kappa shape index (κ3) is 5.76. The van der Waals surface area contributed by atoms with Crippen molar-refractivity contribution >= 4 is 15.0 Å². The molecule has 0 heterocycles. The minimum Gasteiger partial charge on any atom is -0.393 e. The highest BCUT2D eigenvalue weighted by Gasteiger charge is 2.60. The Balaban J connectivity index is 0.000000158. The average molecular weight is 676 g/mol. The second-order valence-corrected chi connectivity index (χ2v) is 19.2. The lowest BCUT2D eigenvalue weighted by atomic mass is 9.47. The lowest BCUT2D eigenvalue weighted by molar-refractivity contribution is -0.122. The molecule has 1 unspecified atom stereocenters. The first-order valence-corrected chi connectivity index (χ1v) is 20.8. The van der Waals surface area contributed by atoms with Gasteiger partial charge in [0.05, 0.1) is 6.10 Å². The van der Waals surface area contributed by atoms with E-state index in [0.29, 0.717) is 34.1 Å². The van der Waals surface area contributed by atoms with Crippen LogP contribution in [0.15, 0.2) is 47.6 Å². The number of aliphatic hydroxyl groups excluding tert-OH is 1. The van der Waals surface area contributed by atoms with Gasteiger partial charge < -0.3 is 5.11 Å². The van der Waals surface area contributed by atoms with Gasteiger partial charge in [-0.15, -0.1) is 9.24 Å². The highest BCUT2D eigenvalue weighted by molar-refractivity contribution is 7.15. The van der Waals surface area contributed by atoms with E-state index in [2.05, 4.69) is 76.1 Å². The van der Waals surface area contributed by atoms with Gasteiger partial charge in [0.25, 0.3) is 0 Å². The molecule has 0 saturated heterocycles. The molecule has 1 N–H and O–H groups in total. The molecule has 2 nitrogen and oxygen atoms in total. The minimum absolute atomic E-state index is 0.0843. The number of fused-ring (bicyclic) bond motifs is 10. The van der Waals surface area contributed by atoms with Crippen LogP contribution in [0.25, 0.3) is 0 Å². The van der Waals surface area contributed by atoms with Crippen LogP contribution in [0.3, 0.4) is 0 Å². The zero-order valence-electron chi connectivity index (χ0n) is 32.7. The van der Waals surface area contributed by atoms with E-state index in [-0.39, 0.29) is 6.10 Å². The first-order valence-electron chi connectivity index (χ1n) is 20.7. The Morgan fingerprint density at radius 3 is 1.73 bits per heavy atom. The van der Waals surface area contributed by atoms with Crippen molar-refractivity contribution in [2.24, 2.45) is 69.0 Å². The number of aliphatic hydroxyl groups is 1. The molecule has 0 aliphatic heterocycles. The van der Waals surface area contributed by atoms with Crippen LogP contribution < -0.4 is 0 Å². The monoisotopic (exact) mass is 676 g/mol. The van der Waals surface area contributed by atoms with E-state index >= 15 is 0 Å². The van der Waals surface area contributed by atoms with Crippen molar-refractivity contribution in [3.63, 3.8) is 0 Å². The highest BCUT2D eigenvalue weighted by atomic mass is 31.0. The SMILES string of the molecule is C=C(C)[C@H]1CC[C@H]2[C@@H]3CC=C4CC(=O)CC[C@]4(C)[C@H]3CC[C@]12C.C=C(C)[C@H]1CC[C@H]2[C@@H]3CC=C4C[C@@H](O)CC[C@]4(C)[C@H]3CC[C@]12C.[2H]CP. The maximum atomic E-state index is 11.9. The summed E-state index contributed by atoms with van der Waals surface area (Å²) in [7, 11) is 2.25. The van der Waals surface area contributed by atoms with Crippen LogP contribution in [0.1, 0.15) is 146 Å². The first kappa shape index (κ1) is 35.4. The predicted molar refractivity (Wildman–Crippen MR) is 207 cm³/mol. The number of carbonyl (C=O) groups excluding carboxylic acids is 1. The second kappa shape index (κ2) is 13.5. The van der Waals surface area contributed by atoms with Crippen LogP contribution in [-0.2, 0) is 4.79 Å². The molecular weight excluding hydrogens is 603 g/mol. The normalized spacial score (nSPS) is 48.9. The van der Waals surface area contributed by atoms with Crippen molar-refractivity contribution in [1.29, 1.82) is 0 Å². The lowest BCUT2D eigenvalue weighted by Gasteiger charge is -2.58. The number of hydrogen-bond donors (Lipinski definition) is 1. The third-order valence-corrected chi connectivity index (χ3v) is 17.2. The standard InChI is InChI=1S/C22H34O.C22H32O.CH5P/c2*1-14(2)18-7-8-19-17-6-5-15-13-16(23)9-11-21(15,3)20(17)10-12-22(18,19)4;1-2/h5,16-20,23H,1,6-13H2,2-4H3;5,17-20H,1,6-13H2,2-4H3;2H2,1H3/t16-,17-,18+,19-,20-,21-,22+;17-,18+,19-,20-,21-,22+;/m00./s1/i;;1D. The van der Waals surface area contributed by atoms with Gasteiger partial charge in [0, 0.05) is 14.2 Å². The van der Waals surface area contributed by atoms with E-state index in [1.165, 1.54) is 87.3 Å². The van der Waals surface area contributed by atoms with E-state index < -0.39 is 0 Å². The average Bonchev–Trinajstić information content (AvgIpc) is 3.59. The Morgan fingerprint density at radius 2 is 1.23 bits per heavy atom.